The van der Waals surface area contributed by atoms with Gasteiger partial charge in [-0.2, -0.15) is 0 Å². The zero-order chi connectivity index (χ0) is 26.1. The number of nitrogen functional groups attached to an aromatic ring is 1. The number of hydrogen-bond donors (Lipinski definition) is 2. The molecule has 7 heteroatoms. The molecule has 3 N–H and O–H groups in total. The first kappa shape index (κ1) is 24.5. The van der Waals surface area contributed by atoms with Crippen molar-refractivity contribution >= 4 is 22.6 Å². The van der Waals surface area contributed by atoms with E-state index >= 15 is 0 Å². The molecule has 3 aromatic heterocycles. The minimum atomic E-state index is 0.454. The van der Waals surface area contributed by atoms with Crippen molar-refractivity contribution in [1.29, 1.82) is 0 Å². The number of fused-ring (bicyclic) bond motifs is 4. The van der Waals surface area contributed by atoms with E-state index < -0.39 is 0 Å². The summed E-state index contributed by atoms with van der Waals surface area (Å²) >= 11 is 0. The largest absolute Gasteiger partial charge is 0.383 e. The van der Waals surface area contributed by atoms with Gasteiger partial charge in [0.15, 0.2) is 11.5 Å². The van der Waals surface area contributed by atoms with Gasteiger partial charge in [-0.1, -0.05) is 37.3 Å². The SMILES string of the molecule is C/C=C\C(=C/CC)c1ccc2nc(-c3cccnc3N)n(-c3ccc(CN4CC5CCC4CN5)cc3)c2n1. The first-order valence-electron chi connectivity index (χ1n) is 13.6. The van der Waals surface area contributed by atoms with Crippen LogP contribution >= 0.6 is 0 Å². The third kappa shape index (κ3) is 4.64. The Hall–Kier alpha value is -3.81. The van der Waals surface area contributed by atoms with Crippen LogP contribution in [0.25, 0.3) is 33.8 Å². The fourth-order valence-electron chi connectivity index (χ4n) is 5.79. The predicted octanol–water partition coefficient (Wildman–Crippen LogP) is 5.37. The quantitative estimate of drug-likeness (QED) is 0.329. The monoisotopic (exact) mass is 505 g/mol. The topological polar surface area (TPSA) is 84.9 Å². The van der Waals surface area contributed by atoms with Gasteiger partial charge in [0.25, 0.3) is 0 Å². The van der Waals surface area contributed by atoms with Crippen LogP contribution in [0.2, 0.25) is 0 Å². The Morgan fingerprint density at radius 1 is 1.11 bits per heavy atom. The number of imidazole rings is 1. The van der Waals surface area contributed by atoms with Gasteiger partial charge in [0.05, 0.1) is 11.3 Å². The van der Waals surface area contributed by atoms with Gasteiger partial charge in [-0.3, -0.25) is 9.47 Å². The Kier molecular flexibility index (Phi) is 6.79. The van der Waals surface area contributed by atoms with Crippen LogP contribution in [0.1, 0.15) is 44.4 Å². The van der Waals surface area contributed by atoms with Gasteiger partial charge in [0.2, 0.25) is 0 Å². The summed E-state index contributed by atoms with van der Waals surface area (Å²) in [6, 6.07) is 18.1. The van der Waals surface area contributed by atoms with Gasteiger partial charge in [-0.25, -0.2) is 15.0 Å². The summed E-state index contributed by atoms with van der Waals surface area (Å²) in [4.78, 5) is 17.1. The molecule has 0 aliphatic carbocycles. The zero-order valence-electron chi connectivity index (χ0n) is 22.1. The number of rotatable bonds is 7. The van der Waals surface area contributed by atoms with E-state index in [2.05, 4.69) is 69.2 Å². The van der Waals surface area contributed by atoms with Crippen LogP contribution in [0.15, 0.2) is 73.0 Å². The van der Waals surface area contributed by atoms with Gasteiger partial charge in [0, 0.05) is 43.6 Å². The Morgan fingerprint density at radius 3 is 2.66 bits per heavy atom. The number of anilines is 1. The maximum atomic E-state index is 6.32. The molecule has 7 nitrogen and oxygen atoms in total. The number of pyridine rings is 2. The van der Waals surface area contributed by atoms with Gasteiger partial charge < -0.3 is 11.1 Å². The van der Waals surface area contributed by atoms with E-state index in [1.807, 2.05) is 31.2 Å². The summed E-state index contributed by atoms with van der Waals surface area (Å²) in [5, 5.41) is 3.65. The average Bonchev–Trinajstić information content (AvgIpc) is 3.33. The van der Waals surface area contributed by atoms with E-state index in [4.69, 9.17) is 15.7 Å². The molecule has 2 bridgehead atoms. The summed E-state index contributed by atoms with van der Waals surface area (Å²) in [5.41, 5.74) is 13.1. The first-order valence-corrected chi connectivity index (χ1v) is 13.6. The number of benzene rings is 1. The highest BCUT2D eigenvalue weighted by atomic mass is 15.2. The van der Waals surface area contributed by atoms with Gasteiger partial charge in [0.1, 0.15) is 11.3 Å². The van der Waals surface area contributed by atoms with Crippen molar-refractivity contribution in [2.45, 2.75) is 51.7 Å². The minimum Gasteiger partial charge on any atom is -0.383 e. The highest BCUT2D eigenvalue weighted by Crippen LogP contribution is 2.32. The van der Waals surface area contributed by atoms with Crippen LogP contribution in [0.4, 0.5) is 5.82 Å². The number of nitrogens with two attached hydrogens (primary N) is 1. The Balaban J connectivity index is 1.43. The molecular formula is C31H35N7. The lowest BCUT2D eigenvalue weighted by atomic mass is 9.92. The van der Waals surface area contributed by atoms with E-state index in [-0.39, 0.29) is 0 Å². The number of allylic oxidation sites excluding steroid dienone is 4. The fourth-order valence-corrected chi connectivity index (χ4v) is 5.79. The molecule has 4 aromatic rings. The zero-order valence-corrected chi connectivity index (χ0v) is 22.1. The van der Waals surface area contributed by atoms with E-state index in [1.54, 1.807) is 6.20 Å². The Bertz CT molecular complexity index is 1490. The number of piperazine rings is 1. The second-order valence-corrected chi connectivity index (χ2v) is 10.2. The smallest absolute Gasteiger partial charge is 0.165 e. The summed E-state index contributed by atoms with van der Waals surface area (Å²) < 4.78 is 2.11. The van der Waals surface area contributed by atoms with Gasteiger partial charge in [-0.15, -0.1) is 0 Å². The van der Waals surface area contributed by atoms with Crippen molar-refractivity contribution < 1.29 is 0 Å². The van der Waals surface area contributed by atoms with Crippen molar-refractivity contribution in [1.82, 2.24) is 29.7 Å². The molecule has 3 aliphatic heterocycles. The van der Waals surface area contributed by atoms with Crippen molar-refractivity contribution in [3.05, 3.63) is 84.2 Å². The molecular weight excluding hydrogens is 470 g/mol. The Labute approximate surface area is 224 Å². The summed E-state index contributed by atoms with van der Waals surface area (Å²) in [7, 11) is 0. The molecule has 6 heterocycles. The molecule has 0 radical (unpaired) electrons. The van der Waals surface area contributed by atoms with E-state index in [0.29, 0.717) is 17.9 Å². The standard InChI is InChI=1S/C31H35N7/c1-3-6-22(7-4-2)27-15-16-28-31(35-27)38(30(36-28)26-8-5-17-33-29(26)32)24-12-9-21(10-13-24)19-37-20-23-11-14-25(37)18-34-23/h3,5-10,12-13,15-17,23,25,34H,4,11,14,18-20H2,1-2H3,(H2,32,33)/b6-3-,22-7+. The van der Waals surface area contributed by atoms with E-state index in [9.17, 15) is 0 Å². The van der Waals surface area contributed by atoms with Crippen molar-refractivity contribution in [2.24, 2.45) is 0 Å². The molecule has 2 unspecified atom stereocenters. The molecule has 7 rings (SSSR count). The van der Waals surface area contributed by atoms with E-state index in [0.717, 1.165) is 65.6 Å². The highest BCUT2D eigenvalue weighted by molar-refractivity contribution is 5.85. The molecule has 0 spiro atoms. The van der Waals surface area contributed by atoms with Crippen LogP contribution in [-0.4, -0.2) is 49.6 Å². The number of aromatic nitrogens is 4. The number of piperidine rings is 2. The molecule has 3 aliphatic rings. The van der Waals surface area contributed by atoms with Crippen LogP contribution in [0.3, 0.4) is 0 Å². The second-order valence-electron chi connectivity index (χ2n) is 10.2. The summed E-state index contributed by atoms with van der Waals surface area (Å²) in [6.07, 6.45) is 11.6. The molecule has 3 saturated heterocycles. The maximum Gasteiger partial charge on any atom is 0.165 e. The lowest BCUT2D eigenvalue weighted by molar-refractivity contribution is 0.0685. The maximum absolute atomic E-state index is 6.32. The van der Waals surface area contributed by atoms with Crippen LogP contribution in [0.5, 0.6) is 0 Å². The third-order valence-electron chi connectivity index (χ3n) is 7.69. The Morgan fingerprint density at radius 2 is 1.97 bits per heavy atom. The lowest BCUT2D eigenvalue weighted by Crippen LogP contribution is -2.60. The highest BCUT2D eigenvalue weighted by Gasteiger charge is 2.33. The normalized spacial score (nSPS) is 20.1. The summed E-state index contributed by atoms with van der Waals surface area (Å²) in [5.74, 6) is 1.20. The molecule has 2 atom stereocenters. The number of nitrogens with zero attached hydrogens (tertiary/aromatic N) is 5. The van der Waals surface area contributed by atoms with Gasteiger partial charge in [-0.05, 0) is 73.7 Å². The van der Waals surface area contributed by atoms with Crippen LogP contribution in [-0.2, 0) is 6.54 Å². The third-order valence-corrected chi connectivity index (χ3v) is 7.69. The van der Waals surface area contributed by atoms with Crippen molar-refractivity contribution in [3.63, 3.8) is 0 Å². The first-order chi connectivity index (χ1) is 18.6. The summed E-state index contributed by atoms with van der Waals surface area (Å²) in [6.45, 7) is 7.39. The van der Waals surface area contributed by atoms with Crippen LogP contribution in [0, 0.1) is 0 Å². The van der Waals surface area contributed by atoms with E-state index in [1.165, 1.54) is 18.4 Å². The molecule has 0 saturated carbocycles. The second kappa shape index (κ2) is 10.5. The molecule has 3 fully saturated rings. The van der Waals surface area contributed by atoms with Gasteiger partial charge >= 0.3 is 0 Å². The predicted molar refractivity (Wildman–Crippen MR) is 155 cm³/mol. The number of nitrogens with one attached hydrogen (secondary N) is 1. The van der Waals surface area contributed by atoms with Crippen molar-refractivity contribution in [2.75, 3.05) is 18.8 Å². The van der Waals surface area contributed by atoms with Crippen molar-refractivity contribution in [3.8, 4) is 17.1 Å². The molecule has 38 heavy (non-hydrogen) atoms. The molecule has 194 valence electrons. The molecule has 1 aromatic carbocycles. The average molecular weight is 506 g/mol. The number of hydrogen-bond acceptors (Lipinski definition) is 6. The fraction of sp³-hybridized carbons (Fsp3) is 0.323. The van der Waals surface area contributed by atoms with Crippen LogP contribution < -0.4 is 11.1 Å². The minimum absolute atomic E-state index is 0.454. The lowest BCUT2D eigenvalue weighted by Gasteiger charge is -2.46. The molecule has 0 amide bonds.